The molecule has 0 atom stereocenters. The van der Waals surface area contributed by atoms with Crippen LogP contribution in [0, 0.1) is 11.3 Å². The zero-order valence-corrected chi connectivity index (χ0v) is 11.3. The number of nitriles is 1. The topological polar surface area (TPSA) is 58.8 Å². The lowest BCUT2D eigenvalue weighted by atomic mass is 9.69. The summed E-state index contributed by atoms with van der Waals surface area (Å²) in [4.78, 5) is 8.89. The van der Waals surface area contributed by atoms with Gasteiger partial charge in [0.2, 0.25) is 0 Å². The number of methoxy groups -OCH3 is 1. The molecule has 0 aliphatic heterocycles. The van der Waals surface area contributed by atoms with E-state index >= 15 is 0 Å². The van der Waals surface area contributed by atoms with E-state index in [-0.39, 0.29) is 0 Å². The molecule has 1 fully saturated rings. The molecule has 0 unspecified atom stereocenters. The average molecular weight is 265 g/mol. The van der Waals surface area contributed by atoms with E-state index in [1.54, 1.807) is 13.3 Å². The minimum absolute atomic E-state index is 0.470. The molecule has 1 aromatic heterocycles. The lowest BCUT2D eigenvalue weighted by Gasteiger charge is -2.33. The van der Waals surface area contributed by atoms with Crippen LogP contribution in [-0.4, -0.2) is 17.1 Å². The van der Waals surface area contributed by atoms with Gasteiger partial charge in [0.1, 0.15) is 17.0 Å². The van der Waals surface area contributed by atoms with Crippen molar-refractivity contribution in [3.8, 4) is 23.1 Å². The Morgan fingerprint density at radius 1 is 1.20 bits per heavy atom. The van der Waals surface area contributed by atoms with Crippen LogP contribution in [-0.2, 0) is 5.41 Å². The second kappa shape index (κ2) is 4.93. The van der Waals surface area contributed by atoms with Crippen LogP contribution in [0.5, 0.6) is 5.75 Å². The fraction of sp³-hybridized carbons (Fsp3) is 0.312. The molecule has 3 rings (SSSR count). The molecule has 0 radical (unpaired) electrons. The summed E-state index contributed by atoms with van der Waals surface area (Å²) in [5.41, 5.74) is 1.38. The van der Waals surface area contributed by atoms with Crippen molar-refractivity contribution in [1.29, 1.82) is 5.26 Å². The van der Waals surface area contributed by atoms with E-state index in [0.717, 1.165) is 36.3 Å². The maximum atomic E-state index is 9.37. The van der Waals surface area contributed by atoms with Crippen LogP contribution in [0.15, 0.2) is 36.5 Å². The molecule has 1 aromatic carbocycles. The Hall–Kier alpha value is -2.41. The number of nitrogens with zero attached hydrogens (tertiary/aromatic N) is 3. The van der Waals surface area contributed by atoms with Gasteiger partial charge in [-0.25, -0.2) is 9.97 Å². The fourth-order valence-corrected chi connectivity index (χ4v) is 2.43. The predicted molar refractivity (Wildman–Crippen MR) is 75.2 cm³/mol. The largest absolute Gasteiger partial charge is 0.497 e. The van der Waals surface area contributed by atoms with Crippen LogP contribution < -0.4 is 4.74 Å². The fourth-order valence-electron chi connectivity index (χ4n) is 2.43. The molecular formula is C16H15N3O. The first-order chi connectivity index (χ1) is 9.77. The first-order valence-electron chi connectivity index (χ1n) is 6.67. The van der Waals surface area contributed by atoms with Crippen LogP contribution in [0.3, 0.4) is 0 Å². The van der Waals surface area contributed by atoms with Gasteiger partial charge in [0.25, 0.3) is 0 Å². The Labute approximate surface area is 118 Å². The van der Waals surface area contributed by atoms with E-state index in [1.807, 2.05) is 30.3 Å². The molecular weight excluding hydrogens is 250 g/mol. The highest BCUT2D eigenvalue weighted by Gasteiger charge is 2.41. The van der Waals surface area contributed by atoms with Crippen molar-refractivity contribution >= 4 is 0 Å². The van der Waals surface area contributed by atoms with Crippen LogP contribution in [0.25, 0.3) is 11.3 Å². The van der Waals surface area contributed by atoms with Gasteiger partial charge in [-0.05, 0) is 49.6 Å². The predicted octanol–water partition coefficient (Wildman–Crippen LogP) is 3.10. The van der Waals surface area contributed by atoms with E-state index in [1.165, 1.54) is 0 Å². The van der Waals surface area contributed by atoms with Gasteiger partial charge in [0, 0.05) is 11.8 Å². The summed E-state index contributed by atoms with van der Waals surface area (Å²) in [7, 11) is 1.64. The third-order valence-corrected chi connectivity index (χ3v) is 3.89. The summed E-state index contributed by atoms with van der Waals surface area (Å²) >= 11 is 0. The van der Waals surface area contributed by atoms with E-state index in [2.05, 4.69) is 16.0 Å². The SMILES string of the molecule is COc1ccc(-c2ccnc(C3(C#N)CCC3)n2)cc1. The molecule has 0 saturated heterocycles. The molecule has 4 nitrogen and oxygen atoms in total. The molecule has 2 aromatic rings. The van der Waals surface area contributed by atoms with Crippen molar-refractivity contribution in [3.63, 3.8) is 0 Å². The van der Waals surface area contributed by atoms with Crippen molar-refractivity contribution < 1.29 is 4.74 Å². The third kappa shape index (κ3) is 2.01. The molecule has 1 heterocycles. The van der Waals surface area contributed by atoms with Crippen molar-refractivity contribution in [1.82, 2.24) is 9.97 Å². The average Bonchev–Trinajstić information content (AvgIpc) is 2.47. The van der Waals surface area contributed by atoms with Gasteiger partial charge in [0.15, 0.2) is 0 Å². The number of ether oxygens (including phenoxy) is 1. The summed E-state index contributed by atoms with van der Waals surface area (Å²) < 4.78 is 5.15. The number of aromatic nitrogens is 2. The molecule has 0 N–H and O–H groups in total. The molecule has 100 valence electrons. The van der Waals surface area contributed by atoms with E-state index in [4.69, 9.17) is 4.74 Å². The highest BCUT2D eigenvalue weighted by atomic mass is 16.5. The lowest BCUT2D eigenvalue weighted by molar-refractivity contribution is 0.307. The van der Waals surface area contributed by atoms with Gasteiger partial charge < -0.3 is 4.74 Å². The Morgan fingerprint density at radius 3 is 2.50 bits per heavy atom. The molecule has 1 saturated carbocycles. The molecule has 0 spiro atoms. The molecule has 0 bridgehead atoms. The third-order valence-electron chi connectivity index (χ3n) is 3.89. The van der Waals surface area contributed by atoms with Crippen LogP contribution in [0.1, 0.15) is 25.1 Å². The summed E-state index contributed by atoms with van der Waals surface area (Å²) in [6, 6.07) is 12.0. The molecule has 1 aliphatic carbocycles. The summed E-state index contributed by atoms with van der Waals surface area (Å²) in [5, 5.41) is 9.37. The first kappa shape index (κ1) is 12.6. The van der Waals surface area contributed by atoms with Gasteiger partial charge in [-0.1, -0.05) is 0 Å². The van der Waals surface area contributed by atoms with Crippen molar-refractivity contribution in [2.24, 2.45) is 0 Å². The van der Waals surface area contributed by atoms with E-state index < -0.39 is 5.41 Å². The van der Waals surface area contributed by atoms with Crippen molar-refractivity contribution in [2.75, 3.05) is 7.11 Å². The summed E-state index contributed by atoms with van der Waals surface area (Å²) in [5.74, 6) is 1.47. The highest BCUT2D eigenvalue weighted by molar-refractivity contribution is 5.60. The quantitative estimate of drug-likeness (QED) is 0.855. The molecule has 1 aliphatic rings. The molecule has 20 heavy (non-hydrogen) atoms. The maximum Gasteiger partial charge on any atom is 0.149 e. The molecule has 0 amide bonds. The van der Waals surface area contributed by atoms with Gasteiger partial charge in [-0.3, -0.25) is 0 Å². The Balaban J connectivity index is 1.96. The lowest BCUT2D eigenvalue weighted by Crippen LogP contribution is -2.34. The van der Waals surface area contributed by atoms with E-state index in [0.29, 0.717) is 5.82 Å². The second-order valence-electron chi connectivity index (χ2n) is 5.04. The smallest absolute Gasteiger partial charge is 0.149 e. The van der Waals surface area contributed by atoms with Crippen LogP contribution in [0.2, 0.25) is 0 Å². The zero-order chi connectivity index (χ0) is 14.0. The Kier molecular flexibility index (Phi) is 3.11. The van der Waals surface area contributed by atoms with Gasteiger partial charge >= 0.3 is 0 Å². The first-order valence-corrected chi connectivity index (χ1v) is 6.67. The van der Waals surface area contributed by atoms with Crippen molar-refractivity contribution in [2.45, 2.75) is 24.7 Å². The summed E-state index contributed by atoms with van der Waals surface area (Å²) in [6.07, 6.45) is 4.52. The van der Waals surface area contributed by atoms with Gasteiger partial charge in [-0.2, -0.15) is 5.26 Å². The highest BCUT2D eigenvalue weighted by Crippen LogP contribution is 2.41. The second-order valence-corrected chi connectivity index (χ2v) is 5.04. The van der Waals surface area contributed by atoms with Crippen LogP contribution >= 0.6 is 0 Å². The minimum atomic E-state index is -0.470. The number of rotatable bonds is 3. The number of benzene rings is 1. The summed E-state index contributed by atoms with van der Waals surface area (Å²) in [6.45, 7) is 0. The maximum absolute atomic E-state index is 9.37. The van der Waals surface area contributed by atoms with Gasteiger partial charge in [-0.15, -0.1) is 0 Å². The molecule has 4 heteroatoms. The monoisotopic (exact) mass is 265 g/mol. The zero-order valence-electron chi connectivity index (χ0n) is 11.3. The van der Waals surface area contributed by atoms with Crippen LogP contribution in [0.4, 0.5) is 0 Å². The Morgan fingerprint density at radius 2 is 1.95 bits per heavy atom. The Bertz CT molecular complexity index is 654. The normalized spacial score (nSPS) is 16.0. The van der Waals surface area contributed by atoms with Crippen molar-refractivity contribution in [3.05, 3.63) is 42.4 Å². The number of hydrogen-bond donors (Lipinski definition) is 0. The van der Waals surface area contributed by atoms with E-state index in [9.17, 15) is 5.26 Å². The number of hydrogen-bond acceptors (Lipinski definition) is 4. The standard InChI is InChI=1S/C16H15N3O/c1-20-13-5-3-12(4-6-13)14-7-10-18-15(19-14)16(11-17)8-2-9-16/h3-7,10H,2,8-9H2,1H3. The minimum Gasteiger partial charge on any atom is -0.497 e. The van der Waals surface area contributed by atoms with Gasteiger partial charge in [0.05, 0.1) is 18.9 Å².